The SMILES string of the molecule is CC(=O)C1C(=O)N(Cc2ccccc2)C1C(C)COCc1ccccc1. The summed E-state index contributed by atoms with van der Waals surface area (Å²) in [5.41, 5.74) is 2.19. The van der Waals surface area contributed by atoms with E-state index in [2.05, 4.69) is 6.92 Å². The van der Waals surface area contributed by atoms with E-state index in [4.69, 9.17) is 4.74 Å². The number of likely N-dealkylation sites (tertiary alicyclic amines) is 1. The number of rotatable bonds is 8. The minimum Gasteiger partial charge on any atom is -0.376 e. The molecular weight excluding hydrogens is 326 g/mol. The van der Waals surface area contributed by atoms with Crippen LogP contribution in [0.2, 0.25) is 0 Å². The van der Waals surface area contributed by atoms with Gasteiger partial charge in [-0.25, -0.2) is 0 Å². The Bertz CT molecular complexity index is 744. The van der Waals surface area contributed by atoms with E-state index < -0.39 is 5.92 Å². The van der Waals surface area contributed by atoms with Crippen LogP contribution < -0.4 is 0 Å². The summed E-state index contributed by atoms with van der Waals surface area (Å²) in [6.45, 7) is 5.15. The van der Waals surface area contributed by atoms with Crippen molar-refractivity contribution in [1.29, 1.82) is 0 Å². The molecule has 1 aliphatic rings. The van der Waals surface area contributed by atoms with Gasteiger partial charge in [0.15, 0.2) is 0 Å². The van der Waals surface area contributed by atoms with Crippen molar-refractivity contribution >= 4 is 11.7 Å². The molecule has 3 unspecified atom stereocenters. The number of ether oxygens (including phenoxy) is 1. The summed E-state index contributed by atoms with van der Waals surface area (Å²) in [6, 6.07) is 19.8. The first-order valence-corrected chi connectivity index (χ1v) is 9.04. The summed E-state index contributed by atoms with van der Waals surface area (Å²) in [4.78, 5) is 26.3. The first kappa shape index (κ1) is 18.3. The summed E-state index contributed by atoms with van der Waals surface area (Å²) >= 11 is 0. The zero-order valence-corrected chi connectivity index (χ0v) is 15.3. The average Bonchev–Trinajstić information content (AvgIpc) is 2.65. The molecule has 1 amide bonds. The number of amides is 1. The molecule has 4 heteroatoms. The molecule has 26 heavy (non-hydrogen) atoms. The topological polar surface area (TPSA) is 46.6 Å². The Labute approximate surface area is 154 Å². The van der Waals surface area contributed by atoms with Crippen LogP contribution in [0.5, 0.6) is 0 Å². The molecule has 0 spiro atoms. The molecule has 0 N–H and O–H groups in total. The third kappa shape index (κ3) is 4.02. The highest BCUT2D eigenvalue weighted by atomic mass is 16.5. The second-order valence-corrected chi connectivity index (χ2v) is 7.01. The second kappa shape index (κ2) is 8.28. The van der Waals surface area contributed by atoms with Crippen molar-refractivity contribution in [3.8, 4) is 0 Å². The van der Waals surface area contributed by atoms with Crippen LogP contribution in [-0.4, -0.2) is 29.2 Å². The fourth-order valence-corrected chi connectivity index (χ4v) is 3.62. The van der Waals surface area contributed by atoms with Gasteiger partial charge in [-0.3, -0.25) is 9.59 Å². The number of β-lactam (4-membered cyclic amide) rings is 1. The van der Waals surface area contributed by atoms with Crippen molar-refractivity contribution in [2.45, 2.75) is 33.0 Å². The number of carbonyl (C=O) groups excluding carboxylic acids is 2. The number of benzene rings is 2. The van der Waals surface area contributed by atoms with Gasteiger partial charge >= 0.3 is 0 Å². The van der Waals surface area contributed by atoms with E-state index in [9.17, 15) is 9.59 Å². The Morgan fingerprint density at radius 2 is 1.62 bits per heavy atom. The normalized spacial score (nSPS) is 20.5. The Hall–Kier alpha value is -2.46. The minimum absolute atomic E-state index is 0.0563. The van der Waals surface area contributed by atoms with Crippen LogP contribution in [-0.2, 0) is 27.5 Å². The van der Waals surface area contributed by atoms with E-state index in [0.29, 0.717) is 19.8 Å². The molecule has 1 heterocycles. The number of ketones is 1. The predicted molar refractivity (Wildman–Crippen MR) is 100 cm³/mol. The maximum absolute atomic E-state index is 12.5. The summed E-state index contributed by atoms with van der Waals surface area (Å²) in [6.07, 6.45) is 0. The molecule has 2 aromatic carbocycles. The van der Waals surface area contributed by atoms with E-state index in [0.717, 1.165) is 11.1 Å². The van der Waals surface area contributed by atoms with Gasteiger partial charge in [-0.1, -0.05) is 67.6 Å². The molecule has 1 aliphatic heterocycles. The monoisotopic (exact) mass is 351 g/mol. The first-order valence-electron chi connectivity index (χ1n) is 9.04. The summed E-state index contributed by atoms with van der Waals surface area (Å²) in [7, 11) is 0. The van der Waals surface area contributed by atoms with Gasteiger partial charge in [0.25, 0.3) is 0 Å². The van der Waals surface area contributed by atoms with Gasteiger partial charge < -0.3 is 9.64 Å². The maximum atomic E-state index is 12.5. The van der Waals surface area contributed by atoms with Crippen molar-refractivity contribution in [2.24, 2.45) is 11.8 Å². The van der Waals surface area contributed by atoms with Crippen molar-refractivity contribution in [2.75, 3.05) is 6.61 Å². The predicted octanol–water partition coefficient (Wildman–Crippen LogP) is 3.46. The number of nitrogens with zero attached hydrogens (tertiary/aromatic N) is 1. The fourth-order valence-electron chi connectivity index (χ4n) is 3.62. The van der Waals surface area contributed by atoms with Crippen molar-refractivity contribution in [1.82, 2.24) is 4.90 Å². The number of hydrogen-bond donors (Lipinski definition) is 0. The minimum atomic E-state index is -0.533. The Morgan fingerprint density at radius 1 is 1.04 bits per heavy atom. The number of hydrogen-bond acceptors (Lipinski definition) is 3. The quantitative estimate of drug-likeness (QED) is 0.540. The van der Waals surface area contributed by atoms with E-state index in [-0.39, 0.29) is 23.7 Å². The Morgan fingerprint density at radius 3 is 2.19 bits per heavy atom. The van der Waals surface area contributed by atoms with Crippen LogP contribution in [0, 0.1) is 11.8 Å². The molecular formula is C22H25NO3. The van der Waals surface area contributed by atoms with Gasteiger partial charge in [0, 0.05) is 12.5 Å². The van der Waals surface area contributed by atoms with E-state index >= 15 is 0 Å². The summed E-state index contributed by atoms with van der Waals surface area (Å²) < 4.78 is 5.85. The lowest BCUT2D eigenvalue weighted by Gasteiger charge is -2.49. The first-order chi connectivity index (χ1) is 12.6. The van der Waals surface area contributed by atoms with Crippen LogP contribution in [0.25, 0.3) is 0 Å². The molecule has 0 bridgehead atoms. The number of Topliss-reactive ketones (excluding diaryl/α,β-unsaturated/α-hetero) is 1. The van der Waals surface area contributed by atoms with Gasteiger partial charge in [-0.15, -0.1) is 0 Å². The molecule has 0 radical (unpaired) electrons. The van der Waals surface area contributed by atoms with Crippen LogP contribution in [0.4, 0.5) is 0 Å². The van der Waals surface area contributed by atoms with Gasteiger partial charge in [0.05, 0.1) is 19.3 Å². The van der Waals surface area contributed by atoms with Gasteiger partial charge in [0.1, 0.15) is 11.7 Å². The molecule has 3 atom stereocenters. The molecule has 3 rings (SSSR count). The lowest BCUT2D eigenvalue weighted by molar-refractivity contribution is -0.166. The maximum Gasteiger partial charge on any atom is 0.235 e. The summed E-state index contributed by atoms with van der Waals surface area (Å²) in [5, 5.41) is 0. The Balaban J connectivity index is 1.62. The molecule has 0 aromatic heterocycles. The highest BCUT2D eigenvalue weighted by molar-refractivity contribution is 6.05. The molecule has 1 fully saturated rings. The van der Waals surface area contributed by atoms with E-state index in [1.54, 1.807) is 0 Å². The molecule has 0 aliphatic carbocycles. The average molecular weight is 351 g/mol. The third-order valence-corrected chi connectivity index (χ3v) is 4.96. The highest BCUT2D eigenvalue weighted by Crippen LogP contribution is 2.34. The molecule has 136 valence electrons. The van der Waals surface area contributed by atoms with Gasteiger partial charge in [-0.05, 0) is 18.1 Å². The van der Waals surface area contributed by atoms with E-state index in [1.807, 2.05) is 65.6 Å². The second-order valence-electron chi connectivity index (χ2n) is 7.01. The van der Waals surface area contributed by atoms with Crippen molar-refractivity contribution in [3.05, 3.63) is 71.8 Å². The van der Waals surface area contributed by atoms with Crippen LogP contribution >= 0.6 is 0 Å². The van der Waals surface area contributed by atoms with Crippen LogP contribution in [0.1, 0.15) is 25.0 Å². The van der Waals surface area contributed by atoms with Gasteiger partial charge in [0.2, 0.25) is 5.91 Å². The summed E-state index contributed by atoms with van der Waals surface area (Å²) in [5.74, 6) is -0.566. The molecule has 0 saturated carbocycles. The van der Waals surface area contributed by atoms with Crippen LogP contribution in [0.15, 0.2) is 60.7 Å². The number of carbonyl (C=O) groups is 2. The molecule has 4 nitrogen and oxygen atoms in total. The van der Waals surface area contributed by atoms with Crippen molar-refractivity contribution < 1.29 is 14.3 Å². The zero-order valence-electron chi connectivity index (χ0n) is 15.3. The van der Waals surface area contributed by atoms with Crippen molar-refractivity contribution in [3.63, 3.8) is 0 Å². The lowest BCUT2D eigenvalue weighted by Crippen LogP contribution is -2.65. The molecule has 2 aromatic rings. The Kier molecular flexibility index (Phi) is 5.84. The van der Waals surface area contributed by atoms with E-state index in [1.165, 1.54) is 6.92 Å². The molecule has 1 saturated heterocycles. The lowest BCUT2D eigenvalue weighted by atomic mass is 9.77. The van der Waals surface area contributed by atoms with Crippen LogP contribution in [0.3, 0.4) is 0 Å². The zero-order chi connectivity index (χ0) is 18.5. The smallest absolute Gasteiger partial charge is 0.235 e. The van der Waals surface area contributed by atoms with Gasteiger partial charge in [-0.2, -0.15) is 0 Å². The largest absolute Gasteiger partial charge is 0.376 e. The third-order valence-electron chi connectivity index (χ3n) is 4.96. The highest BCUT2D eigenvalue weighted by Gasteiger charge is 2.51. The fraction of sp³-hybridized carbons (Fsp3) is 0.364. The standard InChI is InChI=1S/C22H25NO3/c1-16(14-26-15-19-11-7-4-8-12-19)21-20(17(2)24)22(25)23(21)13-18-9-5-3-6-10-18/h3-12,16,20-21H,13-15H2,1-2H3.